The number of rotatable bonds is 6. The van der Waals surface area contributed by atoms with Crippen molar-refractivity contribution in [2.24, 2.45) is 11.3 Å². The van der Waals surface area contributed by atoms with Crippen LogP contribution in [0, 0.1) is 22.7 Å². The monoisotopic (exact) mass is 513 g/mol. The Morgan fingerprint density at radius 3 is 2.16 bits per heavy atom. The lowest BCUT2D eigenvalue weighted by Crippen LogP contribution is -2.25. The van der Waals surface area contributed by atoms with E-state index in [0.29, 0.717) is 23.8 Å². The van der Waals surface area contributed by atoms with E-state index in [0.717, 1.165) is 12.8 Å². The van der Waals surface area contributed by atoms with Crippen molar-refractivity contribution in [2.75, 3.05) is 18.1 Å². The van der Waals surface area contributed by atoms with Crippen LogP contribution in [-0.4, -0.2) is 28.4 Å². The van der Waals surface area contributed by atoms with Gasteiger partial charge >= 0.3 is 0 Å². The van der Waals surface area contributed by atoms with Gasteiger partial charge in [-0.1, -0.05) is 39.8 Å². The van der Waals surface area contributed by atoms with Crippen molar-refractivity contribution in [1.82, 2.24) is 0 Å². The zero-order chi connectivity index (χ0) is 27.9. The fourth-order valence-corrected chi connectivity index (χ4v) is 5.19. The minimum absolute atomic E-state index is 0.0241. The predicted octanol–water partition coefficient (Wildman–Crippen LogP) is 5.42. The standard InChI is InChI=1S/C30H31N3O5/c1-15(13-30(2,3)4)11-12-38-17-7-5-16(6-8-17)21-18(14-31)26(33)24-25(27(21)35)28(36)22-19(32)9-10-20(34)23(22)29(24)37/h5-10,15,34-35H,11-13,32-33H2,1-4H3. The Labute approximate surface area is 221 Å². The third-order valence-electron chi connectivity index (χ3n) is 6.73. The van der Waals surface area contributed by atoms with Gasteiger partial charge in [-0.05, 0) is 54.0 Å². The third-order valence-corrected chi connectivity index (χ3v) is 6.73. The van der Waals surface area contributed by atoms with E-state index in [1.807, 2.05) is 6.07 Å². The average molecular weight is 514 g/mol. The number of phenolic OH excluding ortho intramolecular Hbond substituents is 2. The molecule has 6 N–H and O–H groups in total. The van der Waals surface area contributed by atoms with Crippen LogP contribution in [0.5, 0.6) is 17.2 Å². The van der Waals surface area contributed by atoms with Gasteiger partial charge < -0.3 is 26.4 Å². The van der Waals surface area contributed by atoms with Crippen LogP contribution >= 0.6 is 0 Å². The van der Waals surface area contributed by atoms with Gasteiger partial charge in [0.2, 0.25) is 11.6 Å². The van der Waals surface area contributed by atoms with Crippen LogP contribution in [0.1, 0.15) is 77.9 Å². The van der Waals surface area contributed by atoms with Crippen molar-refractivity contribution in [2.45, 2.75) is 40.5 Å². The highest BCUT2D eigenvalue weighted by molar-refractivity contribution is 6.34. The van der Waals surface area contributed by atoms with Crippen molar-refractivity contribution >= 4 is 22.9 Å². The van der Waals surface area contributed by atoms with Crippen LogP contribution in [0.15, 0.2) is 36.4 Å². The number of nitriles is 1. The second-order valence-corrected chi connectivity index (χ2v) is 11.0. The molecule has 38 heavy (non-hydrogen) atoms. The molecule has 3 aromatic rings. The van der Waals surface area contributed by atoms with Gasteiger partial charge in [0.05, 0.1) is 40.1 Å². The van der Waals surface area contributed by atoms with Gasteiger partial charge in [-0.2, -0.15) is 5.26 Å². The Hall–Kier alpha value is -4.51. The van der Waals surface area contributed by atoms with Gasteiger partial charge in [-0.3, -0.25) is 9.59 Å². The number of anilines is 2. The highest BCUT2D eigenvalue weighted by Crippen LogP contribution is 2.47. The number of fused-ring (bicyclic) bond motifs is 2. The lowest BCUT2D eigenvalue weighted by atomic mass is 9.78. The molecule has 8 heteroatoms. The number of ketones is 2. The molecule has 196 valence electrons. The van der Waals surface area contributed by atoms with Gasteiger partial charge in [-0.15, -0.1) is 0 Å². The Bertz CT molecular complexity index is 1490. The first-order valence-electron chi connectivity index (χ1n) is 12.4. The molecule has 8 nitrogen and oxygen atoms in total. The molecule has 4 rings (SSSR count). The number of hydrogen-bond acceptors (Lipinski definition) is 8. The third kappa shape index (κ3) is 4.63. The molecule has 0 heterocycles. The van der Waals surface area contributed by atoms with Gasteiger partial charge in [0.1, 0.15) is 23.3 Å². The first-order valence-corrected chi connectivity index (χ1v) is 12.4. The number of nitrogens with zero attached hydrogens (tertiary/aromatic N) is 1. The zero-order valence-corrected chi connectivity index (χ0v) is 21.9. The van der Waals surface area contributed by atoms with Crippen molar-refractivity contribution in [3.05, 3.63) is 64.2 Å². The second-order valence-electron chi connectivity index (χ2n) is 11.0. The summed E-state index contributed by atoms with van der Waals surface area (Å²) in [6.45, 7) is 9.37. The van der Waals surface area contributed by atoms with E-state index >= 15 is 0 Å². The molecule has 0 saturated heterocycles. The summed E-state index contributed by atoms with van der Waals surface area (Å²) >= 11 is 0. The molecule has 0 aromatic heterocycles. The Morgan fingerprint density at radius 2 is 1.55 bits per heavy atom. The minimum atomic E-state index is -0.792. The maximum atomic E-state index is 13.4. The number of phenols is 2. The molecule has 0 spiro atoms. The number of hydrogen-bond donors (Lipinski definition) is 4. The molecule has 0 bridgehead atoms. The molecule has 0 aliphatic heterocycles. The summed E-state index contributed by atoms with van der Waals surface area (Å²) in [6, 6.07) is 11.2. The topological polar surface area (TPSA) is 160 Å². The summed E-state index contributed by atoms with van der Waals surface area (Å²) in [7, 11) is 0. The van der Waals surface area contributed by atoms with Crippen LogP contribution in [0.4, 0.5) is 11.4 Å². The molecule has 1 aliphatic rings. The molecule has 1 aliphatic carbocycles. The molecular formula is C30H31N3O5. The van der Waals surface area contributed by atoms with E-state index in [2.05, 4.69) is 27.7 Å². The van der Waals surface area contributed by atoms with E-state index in [1.165, 1.54) is 12.1 Å². The number of carbonyl (C=O) groups is 2. The molecule has 0 radical (unpaired) electrons. The first kappa shape index (κ1) is 26.6. The maximum Gasteiger partial charge on any atom is 0.200 e. The van der Waals surface area contributed by atoms with E-state index < -0.39 is 23.1 Å². The van der Waals surface area contributed by atoms with Crippen molar-refractivity contribution in [3.63, 3.8) is 0 Å². The lowest BCUT2D eigenvalue weighted by molar-refractivity contribution is 0.0975. The number of nitrogen functional groups attached to an aromatic ring is 2. The lowest BCUT2D eigenvalue weighted by Gasteiger charge is -2.24. The fraction of sp³-hybridized carbons (Fsp3) is 0.300. The Kier molecular flexibility index (Phi) is 6.81. The largest absolute Gasteiger partial charge is 0.507 e. The van der Waals surface area contributed by atoms with Crippen LogP contribution in [0.3, 0.4) is 0 Å². The summed E-state index contributed by atoms with van der Waals surface area (Å²) in [5.74, 6) is -1.43. The van der Waals surface area contributed by atoms with Crippen LogP contribution in [0.25, 0.3) is 11.1 Å². The second kappa shape index (κ2) is 9.75. The predicted molar refractivity (Wildman–Crippen MR) is 145 cm³/mol. The van der Waals surface area contributed by atoms with Crippen LogP contribution in [-0.2, 0) is 0 Å². The SMILES string of the molecule is CC(CCOc1ccc(-c2c(O)c3c(c(N)c2C#N)C(=O)c2c(O)ccc(N)c2C3=O)cc1)CC(C)(C)C. The number of carbonyl (C=O) groups excluding carboxylic acids is 2. The molecule has 3 aromatic carbocycles. The van der Waals surface area contributed by atoms with Gasteiger partial charge in [0.15, 0.2) is 0 Å². The summed E-state index contributed by atoms with van der Waals surface area (Å²) in [6.07, 6.45) is 1.98. The van der Waals surface area contributed by atoms with Crippen molar-refractivity contribution < 1.29 is 24.5 Å². The van der Waals surface area contributed by atoms with Crippen LogP contribution < -0.4 is 16.2 Å². The Balaban J connectivity index is 1.70. The molecular weight excluding hydrogens is 482 g/mol. The van der Waals surface area contributed by atoms with Crippen molar-refractivity contribution in [3.8, 4) is 34.4 Å². The smallest absolute Gasteiger partial charge is 0.200 e. The first-order chi connectivity index (χ1) is 17.9. The summed E-state index contributed by atoms with van der Waals surface area (Å²) in [5, 5.41) is 31.4. The fourth-order valence-electron chi connectivity index (χ4n) is 5.19. The van der Waals surface area contributed by atoms with Gasteiger partial charge in [0.25, 0.3) is 0 Å². The summed E-state index contributed by atoms with van der Waals surface area (Å²) in [5.41, 5.74) is 11.3. The highest BCUT2D eigenvalue weighted by Gasteiger charge is 2.40. The molecule has 0 saturated carbocycles. The number of nitrogens with two attached hydrogens (primary N) is 2. The van der Waals surface area contributed by atoms with Gasteiger partial charge in [-0.25, -0.2) is 0 Å². The Morgan fingerprint density at radius 1 is 0.921 bits per heavy atom. The van der Waals surface area contributed by atoms with E-state index in [-0.39, 0.29) is 50.2 Å². The van der Waals surface area contributed by atoms with Crippen LogP contribution in [0.2, 0.25) is 0 Å². The normalized spacial score (nSPS) is 13.4. The molecule has 1 unspecified atom stereocenters. The average Bonchev–Trinajstić information content (AvgIpc) is 2.84. The van der Waals surface area contributed by atoms with E-state index in [1.54, 1.807) is 24.3 Å². The molecule has 0 amide bonds. The minimum Gasteiger partial charge on any atom is -0.507 e. The number of benzene rings is 3. The molecule has 1 atom stereocenters. The summed E-state index contributed by atoms with van der Waals surface area (Å²) < 4.78 is 5.89. The van der Waals surface area contributed by atoms with Gasteiger partial charge in [0, 0.05) is 11.3 Å². The zero-order valence-electron chi connectivity index (χ0n) is 21.9. The number of aromatic hydroxyl groups is 2. The molecule has 0 fully saturated rings. The van der Waals surface area contributed by atoms with Crippen molar-refractivity contribution in [1.29, 1.82) is 5.26 Å². The highest BCUT2D eigenvalue weighted by atomic mass is 16.5. The quantitative estimate of drug-likeness (QED) is 0.196. The maximum absolute atomic E-state index is 13.4. The van der Waals surface area contributed by atoms with E-state index in [4.69, 9.17) is 16.2 Å². The van der Waals surface area contributed by atoms with E-state index in [9.17, 15) is 25.1 Å². The summed E-state index contributed by atoms with van der Waals surface area (Å²) in [4.78, 5) is 26.7. The number of ether oxygens (including phenoxy) is 1.